The highest BCUT2D eigenvalue weighted by Gasteiger charge is 2.12. The lowest BCUT2D eigenvalue weighted by molar-refractivity contribution is -0.384. The zero-order chi connectivity index (χ0) is 14.7. The molecule has 0 aliphatic heterocycles. The maximum atomic E-state index is 10.6. The Kier molecular flexibility index (Phi) is 4.86. The second-order valence-corrected chi connectivity index (χ2v) is 5.61. The van der Waals surface area contributed by atoms with E-state index < -0.39 is 4.92 Å². The number of hydrogen-bond acceptors (Lipinski definition) is 2. The van der Waals surface area contributed by atoms with E-state index >= 15 is 0 Å². The van der Waals surface area contributed by atoms with Crippen molar-refractivity contribution in [3.05, 3.63) is 73.8 Å². The van der Waals surface area contributed by atoms with Crippen LogP contribution < -0.4 is 0 Å². The number of hydrogen-bond donors (Lipinski definition) is 0. The van der Waals surface area contributed by atoms with Gasteiger partial charge in [0, 0.05) is 12.1 Å². The molecule has 2 aromatic carbocycles. The van der Waals surface area contributed by atoms with Crippen molar-refractivity contribution in [3.63, 3.8) is 0 Å². The fourth-order valence-electron chi connectivity index (χ4n) is 1.79. The molecule has 0 N–H and O–H groups in total. The number of benzene rings is 2. The Morgan fingerprint density at radius 1 is 1.05 bits per heavy atom. The zero-order valence-electron chi connectivity index (χ0n) is 10.2. The van der Waals surface area contributed by atoms with Gasteiger partial charge in [-0.05, 0) is 29.7 Å². The summed E-state index contributed by atoms with van der Waals surface area (Å²) < 4.78 is 0. The molecule has 0 aliphatic rings. The van der Waals surface area contributed by atoms with Gasteiger partial charge in [-0.3, -0.25) is 10.1 Å². The van der Waals surface area contributed by atoms with Crippen LogP contribution >= 0.6 is 34.8 Å². The maximum Gasteiger partial charge on any atom is 0.269 e. The molecule has 104 valence electrons. The first-order valence-electron chi connectivity index (χ1n) is 5.79. The molecular weight excluding hydrogens is 321 g/mol. The summed E-state index contributed by atoms with van der Waals surface area (Å²) in [6.07, 6.45) is 0.553. The summed E-state index contributed by atoms with van der Waals surface area (Å²) in [4.78, 5) is 10.1. The minimum atomic E-state index is -0.430. The Hall–Kier alpha value is -1.29. The van der Waals surface area contributed by atoms with Crippen LogP contribution in [0.25, 0.3) is 0 Å². The predicted molar refractivity (Wildman–Crippen MR) is 81.9 cm³/mol. The third-order valence-electron chi connectivity index (χ3n) is 2.87. The Morgan fingerprint density at radius 3 is 2.25 bits per heavy atom. The van der Waals surface area contributed by atoms with E-state index in [1.54, 1.807) is 24.3 Å². The van der Waals surface area contributed by atoms with E-state index in [0.717, 1.165) is 11.1 Å². The number of non-ortho nitro benzene ring substituents is 1. The van der Waals surface area contributed by atoms with Crippen LogP contribution in [0.1, 0.15) is 16.5 Å². The van der Waals surface area contributed by atoms with Crippen molar-refractivity contribution in [3.8, 4) is 0 Å². The minimum Gasteiger partial charge on any atom is -0.258 e. The topological polar surface area (TPSA) is 43.1 Å². The highest BCUT2D eigenvalue weighted by atomic mass is 35.5. The first kappa shape index (κ1) is 15.1. The highest BCUT2D eigenvalue weighted by Crippen LogP contribution is 2.30. The van der Waals surface area contributed by atoms with Gasteiger partial charge in [0.1, 0.15) is 0 Å². The number of nitrogens with zero attached hydrogens (tertiary/aromatic N) is 1. The molecule has 6 heteroatoms. The van der Waals surface area contributed by atoms with Gasteiger partial charge in [-0.25, -0.2) is 0 Å². The maximum absolute atomic E-state index is 10.6. The fraction of sp³-hybridized carbons (Fsp3) is 0.143. The van der Waals surface area contributed by atoms with Crippen LogP contribution in [-0.4, -0.2) is 4.92 Å². The molecule has 0 amide bonds. The minimum absolute atomic E-state index is 0.0643. The van der Waals surface area contributed by atoms with Crippen molar-refractivity contribution in [2.45, 2.75) is 11.8 Å². The third-order valence-corrected chi connectivity index (χ3v) is 4.01. The van der Waals surface area contributed by atoms with E-state index in [0.29, 0.717) is 16.5 Å². The fourth-order valence-corrected chi connectivity index (χ4v) is 2.41. The van der Waals surface area contributed by atoms with E-state index in [1.165, 1.54) is 12.1 Å². The predicted octanol–water partition coefficient (Wildman–Crippen LogP) is 5.42. The molecule has 0 saturated carbocycles. The molecule has 2 rings (SSSR count). The second-order valence-electron chi connectivity index (χ2n) is 4.27. The Morgan fingerprint density at radius 2 is 1.70 bits per heavy atom. The summed E-state index contributed by atoms with van der Waals surface area (Å²) in [7, 11) is 0. The first-order chi connectivity index (χ1) is 9.47. The van der Waals surface area contributed by atoms with Crippen LogP contribution in [0.5, 0.6) is 0 Å². The van der Waals surface area contributed by atoms with E-state index in [1.807, 2.05) is 6.07 Å². The summed E-state index contributed by atoms with van der Waals surface area (Å²) in [5.74, 6) is 0. The molecule has 0 saturated heterocycles. The second kappa shape index (κ2) is 6.44. The Balaban J connectivity index is 2.12. The molecule has 1 atom stereocenters. The molecule has 0 bridgehead atoms. The standard InChI is InChI=1S/C14H10Cl3NO2/c15-12-6-3-10(8-14(12)17)13(16)7-9-1-4-11(5-2-9)18(19)20/h1-6,8,13H,7H2. The van der Waals surface area contributed by atoms with Crippen molar-refractivity contribution in [2.75, 3.05) is 0 Å². The molecule has 20 heavy (non-hydrogen) atoms. The number of rotatable bonds is 4. The van der Waals surface area contributed by atoms with Crippen molar-refractivity contribution < 1.29 is 4.92 Å². The van der Waals surface area contributed by atoms with Crippen LogP contribution in [0.15, 0.2) is 42.5 Å². The van der Waals surface area contributed by atoms with Gasteiger partial charge in [0.05, 0.1) is 20.3 Å². The van der Waals surface area contributed by atoms with Gasteiger partial charge in [-0.1, -0.05) is 41.4 Å². The molecular formula is C14H10Cl3NO2. The average molecular weight is 331 g/mol. The van der Waals surface area contributed by atoms with Gasteiger partial charge in [-0.2, -0.15) is 0 Å². The zero-order valence-corrected chi connectivity index (χ0v) is 12.5. The van der Waals surface area contributed by atoms with Crippen LogP contribution in [-0.2, 0) is 6.42 Å². The highest BCUT2D eigenvalue weighted by molar-refractivity contribution is 6.42. The molecule has 0 fully saturated rings. The Labute approximate surface area is 131 Å². The van der Waals surface area contributed by atoms with Gasteiger partial charge in [0.2, 0.25) is 0 Å². The van der Waals surface area contributed by atoms with Crippen LogP contribution in [0.4, 0.5) is 5.69 Å². The molecule has 0 aromatic heterocycles. The van der Waals surface area contributed by atoms with Gasteiger partial charge < -0.3 is 0 Å². The number of alkyl halides is 1. The lowest BCUT2D eigenvalue weighted by Crippen LogP contribution is -1.96. The lowest BCUT2D eigenvalue weighted by atomic mass is 10.0. The molecule has 0 spiro atoms. The third kappa shape index (κ3) is 3.63. The molecule has 0 radical (unpaired) electrons. The summed E-state index contributed by atoms with van der Waals surface area (Å²) in [5, 5.41) is 11.2. The van der Waals surface area contributed by atoms with Gasteiger partial charge in [0.25, 0.3) is 5.69 Å². The van der Waals surface area contributed by atoms with Crippen LogP contribution in [0, 0.1) is 10.1 Å². The molecule has 1 unspecified atom stereocenters. The van der Waals surface area contributed by atoms with E-state index in [9.17, 15) is 10.1 Å². The van der Waals surface area contributed by atoms with E-state index in [-0.39, 0.29) is 11.1 Å². The van der Waals surface area contributed by atoms with Crippen molar-refractivity contribution in [1.82, 2.24) is 0 Å². The average Bonchev–Trinajstić information content (AvgIpc) is 2.42. The summed E-state index contributed by atoms with van der Waals surface area (Å²) in [6, 6.07) is 11.6. The molecule has 0 aliphatic carbocycles. The number of nitro groups is 1. The van der Waals surface area contributed by atoms with Crippen molar-refractivity contribution in [1.29, 1.82) is 0 Å². The van der Waals surface area contributed by atoms with E-state index in [2.05, 4.69) is 0 Å². The summed E-state index contributed by atoms with van der Waals surface area (Å²) in [5.41, 5.74) is 1.84. The number of halogens is 3. The van der Waals surface area contributed by atoms with Crippen LogP contribution in [0.2, 0.25) is 10.0 Å². The summed E-state index contributed by atoms with van der Waals surface area (Å²) >= 11 is 18.1. The largest absolute Gasteiger partial charge is 0.269 e. The smallest absolute Gasteiger partial charge is 0.258 e. The molecule has 0 heterocycles. The SMILES string of the molecule is O=[N+]([O-])c1ccc(CC(Cl)c2ccc(Cl)c(Cl)c2)cc1. The normalized spacial score (nSPS) is 12.2. The van der Waals surface area contributed by atoms with E-state index in [4.69, 9.17) is 34.8 Å². The van der Waals surface area contributed by atoms with Crippen LogP contribution in [0.3, 0.4) is 0 Å². The summed E-state index contributed by atoms with van der Waals surface area (Å²) in [6.45, 7) is 0. The Bertz CT molecular complexity index is 629. The lowest BCUT2D eigenvalue weighted by Gasteiger charge is -2.11. The van der Waals surface area contributed by atoms with Gasteiger partial charge >= 0.3 is 0 Å². The van der Waals surface area contributed by atoms with Gasteiger partial charge in [0.15, 0.2) is 0 Å². The van der Waals surface area contributed by atoms with Crippen molar-refractivity contribution in [2.24, 2.45) is 0 Å². The quantitative estimate of drug-likeness (QED) is 0.426. The van der Waals surface area contributed by atoms with Gasteiger partial charge in [-0.15, -0.1) is 11.6 Å². The number of nitro benzene ring substituents is 1. The monoisotopic (exact) mass is 329 g/mol. The molecule has 3 nitrogen and oxygen atoms in total. The first-order valence-corrected chi connectivity index (χ1v) is 6.99. The molecule has 2 aromatic rings. The van der Waals surface area contributed by atoms with Crippen molar-refractivity contribution >= 4 is 40.5 Å².